The van der Waals surface area contributed by atoms with Crippen LogP contribution < -0.4 is 5.32 Å². The van der Waals surface area contributed by atoms with E-state index in [2.05, 4.69) is 40.3 Å². The number of benzene rings is 1. The molecule has 2 aliphatic carbocycles. The number of amides is 1. The van der Waals surface area contributed by atoms with Crippen molar-refractivity contribution in [2.75, 3.05) is 0 Å². The van der Waals surface area contributed by atoms with Crippen LogP contribution in [-0.4, -0.2) is 33.0 Å². The molecule has 2 aromatic rings. The van der Waals surface area contributed by atoms with Crippen molar-refractivity contribution in [3.8, 4) is 0 Å². The van der Waals surface area contributed by atoms with Gasteiger partial charge in [0.25, 0.3) is 5.91 Å². The highest BCUT2D eigenvalue weighted by molar-refractivity contribution is 6.07. The Hall–Kier alpha value is -2.37. The van der Waals surface area contributed by atoms with Crippen LogP contribution in [0.25, 0.3) is 10.9 Å². The fraction of sp³-hybridized carbons (Fsp3) is 0.571. The average Bonchev–Trinajstić information content (AvgIpc) is 3.07. The number of carbonyl (C=O) groups excluding carboxylic acids is 1. The third-order valence-corrected chi connectivity index (χ3v) is 6.15. The van der Waals surface area contributed by atoms with Crippen LogP contribution in [0.5, 0.6) is 0 Å². The number of nitrogens with zero attached hydrogens (tertiary/aromatic N) is 3. The Morgan fingerprint density at radius 2 is 2.04 bits per heavy atom. The Labute approximate surface area is 158 Å². The van der Waals surface area contributed by atoms with Crippen LogP contribution in [0.2, 0.25) is 0 Å². The molecule has 1 amide bonds. The second-order valence-electron chi connectivity index (χ2n) is 8.48. The second-order valence-corrected chi connectivity index (χ2v) is 8.48. The summed E-state index contributed by atoms with van der Waals surface area (Å²) in [5.74, 6) is -0.0586. The largest absolute Gasteiger partial charge is 0.379 e. The highest BCUT2D eigenvalue weighted by Crippen LogP contribution is 2.34. The molecule has 2 heterocycles. The molecule has 0 radical (unpaired) electrons. The SMILES string of the molecule is Cc1nn(C2CCCC2)c2cc(C3=NOC(C)(C(=O)NC4CC4)C3)ccc12. The number of rotatable bonds is 4. The number of aryl methyl sites for hydroxylation is 1. The van der Waals surface area contributed by atoms with Gasteiger partial charge in [0.05, 0.1) is 23.0 Å². The molecule has 2 fully saturated rings. The number of aromatic nitrogens is 2. The van der Waals surface area contributed by atoms with Crippen molar-refractivity contribution in [1.29, 1.82) is 0 Å². The number of fused-ring (bicyclic) bond motifs is 1. The maximum absolute atomic E-state index is 12.5. The predicted octanol–water partition coefficient (Wildman–Crippen LogP) is 3.62. The monoisotopic (exact) mass is 366 g/mol. The van der Waals surface area contributed by atoms with Crippen molar-refractivity contribution in [2.24, 2.45) is 5.16 Å². The second kappa shape index (κ2) is 6.08. The summed E-state index contributed by atoms with van der Waals surface area (Å²) in [6.07, 6.45) is 7.58. The molecule has 6 nitrogen and oxygen atoms in total. The van der Waals surface area contributed by atoms with Gasteiger partial charge in [0.2, 0.25) is 5.60 Å². The minimum absolute atomic E-state index is 0.0586. The molecule has 0 saturated heterocycles. The zero-order valence-electron chi connectivity index (χ0n) is 16.0. The van der Waals surface area contributed by atoms with Gasteiger partial charge in [-0.05, 0) is 45.6 Å². The van der Waals surface area contributed by atoms with E-state index in [0.29, 0.717) is 18.5 Å². The van der Waals surface area contributed by atoms with Gasteiger partial charge in [0, 0.05) is 23.4 Å². The summed E-state index contributed by atoms with van der Waals surface area (Å²) in [5, 5.41) is 13.3. The molecule has 0 bridgehead atoms. The molecule has 142 valence electrons. The van der Waals surface area contributed by atoms with Crippen molar-refractivity contribution in [3.05, 3.63) is 29.5 Å². The topological polar surface area (TPSA) is 68.5 Å². The van der Waals surface area contributed by atoms with Gasteiger partial charge in [-0.1, -0.05) is 30.1 Å². The summed E-state index contributed by atoms with van der Waals surface area (Å²) in [5.41, 5.74) is 3.18. The lowest BCUT2D eigenvalue weighted by atomic mass is 9.94. The third kappa shape index (κ3) is 2.91. The third-order valence-electron chi connectivity index (χ3n) is 6.15. The molecule has 1 aliphatic heterocycles. The van der Waals surface area contributed by atoms with Gasteiger partial charge in [0.1, 0.15) is 0 Å². The Bertz CT molecular complexity index is 937. The van der Waals surface area contributed by atoms with Gasteiger partial charge in [0.15, 0.2) is 0 Å². The van der Waals surface area contributed by atoms with Gasteiger partial charge >= 0.3 is 0 Å². The molecule has 0 spiro atoms. The van der Waals surface area contributed by atoms with Crippen LogP contribution in [0.15, 0.2) is 23.4 Å². The Morgan fingerprint density at radius 3 is 2.78 bits per heavy atom. The van der Waals surface area contributed by atoms with Crippen LogP contribution in [0.3, 0.4) is 0 Å². The van der Waals surface area contributed by atoms with Gasteiger partial charge in [-0.2, -0.15) is 5.10 Å². The van der Waals surface area contributed by atoms with E-state index in [-0.39, 0.29) is 5.91 Å². The first kappa shape index (κ1) is 16.8. The van der Waals surface area contributed by atoms with E-state index >= 15 is 0 Å². The first-order valence-electron chi connectivity index (χ1n) is 10.1. The van der Waals surface area contributed by atoms with Crippen molar-refractivity contribution >= 4 is 22.5 Å². The fourth-order valence-corrected chi connectivity index (χ4v) is 4.29. The quantitative estimate of drug-likeness (QED) is 0.898. The number of oxime groups is 1. The lowest BCUT2D eigenvalue weighted by Gasteiger charge is -2.20. The molecule has 2 saturated carbocycles. The minimum atomic E-state index is -0.908. The van der Waals surface area contributed by atoms with Crippen LogP contribution in [0, 0.1) is 6.92 Å². The van der Waals surface area contributed by atoms with E-state index in [0.717, 1.165) is 35.3 Å². The van der Waals surface area contributed by atoms with Crippen molar-refractivity contribution in [3.63, 3.8) is 0 Å². The summed E-state index contributed by atoms with van der Waals surface area (Å²) in [7, 11) is 0. The average molecular weight is 366 g/mol. The van der Waals surface area contributed by atoms with Gasteiger partial charge in [-0.3, -0.25) is 9.48 Å². The van der Waals surface area contributed by atoms with E-state index in [1.165, 1.54) is 31.1 Å². The van der Waals surface area contributed by atoms with Crippen LogP contribution in [-0.2, 0) is 9.63 Å². The van der Waals surface area contributed by atoms with E-state index in [4.69, 9.17) is 9.94 Å². The molecule has 1 unspecified atom stereocenters. The Balaban J connectivity index is 1.43. The smallest absolute Gasteiger partial charge is 0.267 e. The molecule has 1 N–H and O–H groups in total. The molecular weight excluding hydrogens is 340 g/mol. The number of carbonyl (C=O) groups is 1. The fourth-order valence-electron chi connectivity index (χ4n) is 4.29. The number of nitrogens with one attached hydrogen (secondary N) is 1. The molecule has 3 aliphatic rings. The lowest BCUT2D eigenvalue weighted by Crippen LogP contribution is -2.45. The zero-order chi connectivity index (χ0) is 18.6. The summed E-state index contributed by atoms with van der Waals surface area (Å²) >= 11 is 0. The van der Waals surface area contributed by atoms with Crippen molar-refractivity contribution < 1.29 is 9.63 Å². The normalized spacial score (nSPS) is 25.6. The molecule has 6 heteroatoms. The Kier molecular flexibility index (Phi) is 3.78. The Morgan fingerprint density at radius 1 is 1.26 bits per heavy atom. The van der Waals surface area contributed by atoms with Crippen molar-refractivity contribution in [2.45, 2.75) is 76.5 Å². The molecule has 1 aromatic carbocycles. The summed E-state index contributed by atoms with van der Waals surface area (Å²) in [6.45, 7) is 3.90. The first-order chi connectivity index (χ1) is 13.0. The van der Waals surface area contributed by atoms with E-state index < -0.39 is 5.60 Å². The predicted molar refractivity (Wildman–Crippen MR) is 104 cm³/mol. The molecular formula is C21H26N4O2. The number of hydrogen-bond donors (Lipinski definition) is 1. The van der Waals surface area contributed by atoms with Crippen LogP contribution in [0.1, 0.15) is 69.2 Å². The highest BCUT2D eigenvalue weighted by Gasteiger charge is 2.44. The van der Waals surface area contributed by atoms with Crippen molar-refractivity contribution in [1.82, 2.24) is 15.1 Å². The summed E-state index contributed by atoms with van der Waals surface area (Å²) in [4.78, 5) is 18.1. The maximum Gasteiger partial charge on any atom is 0.267 e. The first-order valence-corrected chi connectivity index (χ1v) is 10.1. The molecule has 1 atom stereocenters. The zero-order valence-corrected chi connectivity index (χ0v) is 16.0. The minimum Gasteiger partial charge on any atom is -0.379 e. The summed E-state index contributed by atoms with van der Waals surface area (Å²) in [6, 6.07) is 7.18. The van der Waals surface area contributed by atoms with Crippen LogP contribution in [0.4, 0.5) is 0 Å². The van der Waals surface area contributed by atoms with E-state index in [9.17, 15) is 4.79 Å². The highest BCUT2D eigenvalue weighted by atomic mass is 16.7. The molecule has 1 aromatic heterocycles. The van der Waals surface area contributed by atoms with E-state index in [1.54, 1.807) is 0 Å². The summed E-state index contributed by atoms with van der Waals surface area (Å²) < 4.78 is 2.20. The van der Waals surface area contributed by atoms with Gasteiger partial charge in [-0.15, -0.1) is 0 Å². The standard InChI is InChI=1S/C21H26N4O2/c1-13-17-10-7-14(11-19(17)25(23-13)16-5-3-4-6-16)18-12-21(2,27-24-18)20(26)22-15-8-9-15/h7,10-11,15-16H,3-6,8-9,12H2,1-2H3,(H,22,26). The van der Waals surface area contributed by atoms with Crippen LogP contribution >= 0.6 is 0 Å². The van der Waals surface area contributed by atoms with E-state index in [1.807, 2.05) is 6.92 Å². The van der Waals surface area contributed by atoms with Gasteiger partial charge in [-0.25, -0.2) is 0 Å². The number of hydrogen-bond acceptors (Lipinski definition) is 4. The lowest BCUT2D eigenvalue weighted by molar-refractivity contribution is -0.141. The maximum atomic E-state index is 12.5. The van der Waals surface area contributed by atoms with Gasteiger partial charge < -0.3 is 10.2 Å². The molecule has 5 rings (SSSR count). The molecule has 27 heavy (non-hydrogen) atoms.